The van der Waals surface area contributed by atoms with Crippen LogP contribution in [0.5, 0.6) is 0 Å². The van der Waals surface area contributed by atoms with Gasteiger partial charge in [-0.3, -0.25) is 4.68 Å². The van der Waals surface area contributed by atoms with Crippen molar-refractivity contribution in [1.82, 2.24) is 19.3 Å². The number of aryl methyl sites for hydroxylation is 2. The Balaban J connectivity index is 1.93. The van der Waals surface area contributed by atoms with Crippen molar-refractivity contribution < 1.29 is 0 Å². The normalized spacial score (nSPS) is 10.5. The van der Waals surface area contributed by atoms with E-state index in [1.54, 1.807) is 18.6 Å². The molecule has 0 saturated heterocycles. The molecule has 0 aliphatic heterocycles. The molecule has 2 rings (SSSR count). The van der Waals surface area contributed by atoms with Crippen LogP contribution in [0.15, 0.2) is 31.0 Å². The largest absolute Gasteiger partial charge is 0.382 e. The molecule has 2 aromatic rings. The lowest BCUT2D eigenvalue weighted by molar-refractivity contribution is 0.534. The first-order valence-corrected chi connectivity index (χ1v) is 4.09. The van der Waals surface area contributed by atoms with E-state index in [-0.39, 0.29) is 0 Å². The molecule has 0 saturated carbocycles. The fraction of sp³-hybridized carbons (Fsp3) is 0.250. The van der Waals surface area contributed by atoms with Crippen LogP contribution in [0.1, 0.15) is 0 Å². The Morgan fingerprint density at radius 1 is 1.31 bits per heavy atom. The average molecular weight is 177 g/mol. The van der Waals surface area contributed by atoms with Gasteiger partial charge in [0.1, 0.15) is 5.82 Å². The van der Waals surface area contributed by atoms with Gasteiger partial charge in [0.25, 0.3) is 0 Å². The molecule has 0 aromatic carbocycles. The lowest BCUT2D eigenvalue weighted by atomic mass is 10.6. The number of nitrogens with two attached hydrogens (primary N) is 1. The molecule has 0 atom stereocenters. The van der Waals surface area contributed by atoms with Crippen molar-refractivity contribution in [2.75, 3.05) is 5.73 Å². The molecule has 2 heterocycles. The molecule has 2 aromatic heterocycles. The number of imidazole rings is 1. The smallest absolute Gasteiger partial charge is 0.145 e. The minimum Gasteiger partial charge on any atom is -0.382 e. The van der Waals surface area contributed by atoms with E-state index in [9.17, 15) is 0 Å². The maximum Gasteiger partial charge on any atom is 0.145 e. The van der Waals surface area contributed by atoms with Crippen LogP contribution in [0, 0.1) is 0 Å². The first-order chi connectivity index (χ1) is 6.34. The molecule has 0 aliphatic carbocycles. The van der Waals surface area contributed by atoms with Crippen molar-refractivity contribution in [1.29, 1.82) is 0 Å². The van der Waals surface area contributed by atoms with E-state index in [1.807, 2.05) is 21.6 Å². The third-order valence-corrected chi connectivity index (χ3v) is 1.81. The predicted molar refractivity (Wildman–Crippen MR) is 48.9 cm³/mol. The van der Waals surface area contributed by atoms with E-state index >= 15 is 0 Å². The number of hydrogen-bond donors (Lipinski definition) is 1. The molecule has 0 unspecified atom stereocenters. The van der Waals surface area contributed by atoms with Gasteiger partial charge in [-0.25, -0.2) is 4.98 Å². The van der Waals surface area contributed by atoms with Crippen molar-refractivity contribution in [2.24, 2.45) is 0 Å². The third kappa shape index (κ3) is 1.87. The molecule has 0 spiro atoms. The summed E-state index contributed by atoms with van der Waals surface area (Å²) >= 11 is 0. The summed E-state index contributed by atoms with van der Waals surface area (Å²) in [6.45, 7) is 1.68. The first kappa shape index (κ1) is 7.85. The van der Waals surface area contributed by atoms with Gasteiger partial charge in [0.15, 0.2) is 0 Å². The maximum atomic E-state index is 5.48. The van der Waals surface area contributed by atoms with Gasteiger partial charge in [0, 0.05) is 25.1 Å². The van der Waals surface area contributed by atoms with Gasteiger partial charge in [-0.2, -0.15) is 5.10 Å². The highest BCUT2D eigenvalue weighted by Gasteiger charge is 1.94. The van der Waals surface area contributed by atoms with Crippen LogP contribution < -0.4 is 5.73 Å². The Bertz CT molecular complexity index is 362. The van der Waals surface area contributed by atoms with E-state index in [1.165, 1.54) is 0 Å². The second-order valence-electron chi connectivity index (χ2n) is 2.80. The minimum atomic E-state index is 0.561. The fourth-order valence-electron chi connectivity index (χ4n) is 1.14. The molecule has 13 heavy (non-hydrogen) atoms. The lowest BCUT2D eigenvalue weighted by Crippen LogP contribution is -2.06. The van der Waals surface area contributed by atoms with E-state index in [2.05, 4.69) is 10.1 Å². The van der Waals surface area contributed by atoms with Gasteiger partial charge in [-0.1, -0.05) is 0 Å². The summed E-state index contributed by atoms with van der Waals surface area (Å²) in [5, 5.41) is 4.07. The standard InChI is InChI=1S/C8H11N5/c9-8-1-3-13(11-8)6-5-12-4-2-10-7-12/h1-4,7H,5-6H2,(H2,9,11). The number of aromatic nitrogens is 4. The summed E-state index contributed by atoms with van der Waals surface area (Å²) in [6.07, 6.45) is 7.34. The minimum absolute atomic E-state index is 0.561. The van der Waals surface area contributed by atoms with Crippen molar-refractivity contribution in [3.05, 3.63) is 31.0 Å². The van der Waals surface area contributed by atoms with Gasteiger partial charge >= 0.3 is 0 Å². The summed E-state index contributed by atoms with van der Waals surface area (Å²) < 4.78 is 3.81. The summed E-state index contributed by atoms with van der Waals surface area (Å²) in [5.41, 5.74) is 5.48. The SMILES string of the molecule is Nc1ccn(CCn2ccnc2)n1. The zero-order valence-corrected chi connectivity index (χ0v) is 7.17. The number of hydrogen-bond acceptors (Lipinski definition) is 3. The second kappa shape index (κ2) is 3.30. The van der Waals surface area contributed by atoms with Gasteiger partial charge in [-0.05, 0) is 6.07 Å². The second-order valence-corrected chi connectivity index (χ2v) is 2.80. The van der Waals surface area contributed by atoms with Crippen LogP contribution in [0.4, 0.5) is 5.82 Å². The summed E-state index contributed by atoms with van der Waals surface area (Å²) in [5.74, 6) is 0.561. The highest BCUT2D eigenvalue weighted by Crippen LogP contribution is 1.96. The van der Waals surface area contributed by atoms with Crippen LogP contribution in [0.25, 0.3) is 0 Å². The molecular formula is C8H11N5. The van der Waals surface area contributed by atoms with Crippen LogP contribution in [-0.4, -0.2) is 19.3 Å². The Hall–Kier alpha value is -1.78. The molecule has 0 fully saturated rings. The highest BCUT2D eigenvalue weighted by atomic mass is 15.3. The Morgan fingerprint density at radius 2 is 2.23 bits per heavy atom. The zero-order valence-electron chi connectivity index (χ0n) is 7.17. The first-order valence-electron chi connectivity index (χ1n) is 4.09. The summed E-state index contributed by atoms with van der Waals surface area (Å²) in [7, 11) is 0. The van der Waals surface area contributed by atoms with Crippen molar-refractivity contribution >= 4 is 5.82 Å². The van der Waals surface area contributed by atoms with Crippen LogP contribution in [0.3, 0.4) is 0 Å². The fourth-order valence-corrected chi connectivity index (χ4v) is 1.14. The lowest BCUT2D eigenvalue weighted by Gasteiger charge is -2.01. The molecule has 2 N–H and O–H groups in total. The Kier molecular flexibility index (Phi) is 1.99. The summed E-state index contributed by atoms with van der Waals surface area (Å²) in [4.78, 5) is 3.95. The predicted octanol–water partition coefficient (Wildman–Crippen LogP) is 0.362. The topological polar surface area (TPSA) is 61.7 Å². The summed E-state index contributed by atoms with van der Waals surface area (Å²) in [6, 6.07) is 1.79. The molecule has 5 heteroatoms. The quantitative estimate of drug-likeness (QED) is 0.736. The number of nitrogens with zero attached hydrogens (tertiary/aromatic N) is 4. The molecule has 68 valence electrons. The van der Waals surface area contributed by atoms with Crippen molar-refractivity contribution in [2.45, 2.75) is 13.1 Å². The average Bonchev–Trinajstić information content (AvgIpc) is 2.71. The van der Waals surface area contributed by atoms with Crippen molar-refractivity contribution in [3.63, 3.8) is 0 Å². The molecule has 5 nitrogen and oxygen atoms in total. The number of rotatable bonds is 3. The van der Waals surface area contributed by atoms with E-state index in [0.29, 0.717) is 5.82 Å². The van der Waals surface area contributed by atoms with Crippen LogP contribution >= 0.6 is 0 Å². The molecule has 0 bridgehead atoms. The van der Waals surface area contributed by atoms with E-state index in [0.717, 1.165) is 13.1 Å². The van der Waals surface area contributed by atoms with Gasteiger partial charge < -0.3 is 10.3 Å². The maximum absolute atomic E-state index is 5.48. The number of anilines is 1. The van der Waals surface area contributed by atoms with Crippen molar-refractivity contribution in [3.8, 4) is 0 Å². The third-order valence-electron chi connectivity index (χ3n) is 1.81. The Labute approximate surface area is 75.8 Å². The Morgan fingerprint density at radius 3 is 2.85 bits per heavy atom. The van der Waals surface area contributed by atoms with Gasteiger partial charge in [0.05, 0.1) is 12.9 Å². The molecular weight excluding hydrogens is 166 g/mol. The molecule has 0 aliphatic rings. The van der Waals surface area contributed by atoms with Crippen LogP contribution in [0.2, 0.25) is 0 Å². The molecule has 0 radical (unpaired) electrons. The van der Waals surface area contributed by atoms with Gasteiger partial charge in [-0.15, -0.1) is 0 Å². The highest BCUT2D eigenvalue weighted by molar-refractivity contribution is 5.23. The number of nitrogen functional groups attached to an aromatic ring is 1. The molecule has 0 amide bonds. The van der Waals surface area contributed by atoms with Gasteiger partial charge in [0.2, 0.25) is 0 Å². The zero-order chi connectivity index (χ0) is 9.10. The van der Waals surface area contributed by atoms with E-state index < -0.39 is 0 Å². The van der Waals surface area contributed by atoms with E-state index in [4.69, 9.17) is 5.73 Å². The monoisotopic (exact) mass is 177 g/mol. The van der Waals surface area contributed by atoms with Crippen LogP contribution in [-0.2, 0) is 13.1 Å².